The zero-order valence-corrected chi connectivity index (χ0v) is 9.42. The highest BCUT2D eigenvalue weighted by atomic mass is 19.4. The van der Waals surface area contributed by atoms with Gasteiger partial charge in [0.15, 0.2) is 5.60 Å². The molecule has 2 aromatic carbocycles. The first-order valence-electron chi connectivity index (χ1n) is 5.22. The quantitative estimate of drug-likeness (QED) is 0.772. The van der Waals surface area contributed by atoms with Gasteiger partial charge in [-0.2, -0.15) is 13.2 Å². The molecule has 1 atom stereocenters. The summed E-state index contributed by atoms with van der Waals surface area (Å²) in [7, 11) is 0. The maximum absolute atomic E-state index is 13.7. The minimum Gasteiger partial charge on any atom is -0.376 e. The van der Waals surface area contributed by atoms with Gasteiger partial charge in [-0.05, 0) is 18.4 Å². The predicted octanol–water partition coefficient (Wildman–Crippen LogP) is 3.75. The molecule has 1 nitrogen and oxygen atoms in total. The van der Waals surface area contributed by atoms with E-state index in [0.717, 1.165) is 12.1 Å². The third kappa shape index (κ3) is 1.84. The molecule has 0 saturated carbocycles. The summed E-state index contributed by atoms with van der Waals surface area (Å²) in [6, 6.07) is 7.90. The minimum absolute atomic E-state index is 0.206. The van der Waals surface area contributed by atoms with Crippen LogP contribution in [0, 0.1) is 5.82 Å². The molecule has 96 valence electrons. The van der Waals surface area contributed by atoms with E-state index < -0.39 is 23.2 Å². The molecule has 0 radical (unpaired) electrons. The molecule has 5 heteroatoms. The first-order chi connectivity index (χ1) is 8.25. The third-order valence-corrected chi connectivity index (χ3v) is 2.93. The van der Waals surface area contributed by atoms with Crippen molar-refractivity contribution in [2.45, 2.75) is 18.7 Å². The molecule has 0 aliphatic heterocycles. The molecule has 2 aromatic rings. The van der Waals surface area contributed by atoms with Gasteiger partial charge in [0, 0.05) is 10.9 Å². The molecule has 0 aromatic heterocycles. The van der Waals surface area contributed by atoms with E-state index in [1.54, 1.807) is 0 Å². The highest BCUT2D eigenvalue weighted by molar-refractivity contribution is 5.87. The molecule has 0 aliphatic rings. The maximum Gasteiger partial charge on any atom is 0.421 e. The summed E-state index contributed by atoms with van der Waals surface area (Å²) in [5.74, 6) is -0.785. The van der Waals surface area contributed by atoms with E-state index in [1.807, 2.05) is 0 Å². The van der Waals surface area contributed by atoms with Crippen molar-refractivity contribution < 1.29 is 22.7 Å². The summed E-state index contributed by atoms with van der Waals surface area (Å²) >= 11 is 0. The Morgan fingerprint density at radius 1 is 1.00 bits per heavy atom. The van der Waals surface area contributed by atoms with Gasteiger partial charge in [-0.25, -0.2) is 4.39 Å². The normalized spacial score (nSPS) is 15.7. The molecule has 1 N–H and O–H groups in total. The van der Waals surface area contributed by atoms with E-state index in [2.05, 4.69) is 0 Å². The first-order valence-corrected chi connectivity index (χ1v) is 5.22. The van der Waals surface area contributed by atoms with Crippen LogP contribution in [-0.2, 0) is 5.60 Å². The molecule has 0 heterocycles. The molecular formula is C13H10F4O. The van der Waals surface area contributed by atoms with E-state index in [1.165, 1.54) is 24.3 Å². The lowest BCUT2D eigenvalue weighted by Crippen LogP contribution is -2.39. The van der Waals surface area contributed by atoms with Gasteiger partial charge >= 0.3 is 6.18 Å². The summed E-state index contributed by atoms with van der Waals surface area (Å²) in [4.78, 5) is 0. The molecule has 18 heavy (non-hydrogen) atoms. The number of hydrogen-bond donors (Lipinski definition) is 1. The number of hydrogen-bond acceptors (Lipinski definition) is 1. The number of aliphatic hydroxyl groups is 1. The fourth-order valence-corrected chi connectivity index (χ4v) is 1.85. The van der Waals surface area contributed by atoms with Crippen molar-refractivity contribution in [3.8, 4) is 0 Å². The second-order valence-electron chi connectivity index (χ2n) is 4.21. The van der Waals surface area contributed by atoms with Crippen LogP contribution in [0.3, 0.4) is 0 Å². The largest absolute Gasteiger partial charge is 0.421 e. The van der Waals surface area contributed by atoms with Gasteiger partial charge in [-0.3, -0.25) is 0 Å². The summed E-state index contributed by atoms with van der Waals surface area (Å²) in [5, 5.41) is 9.76. The summed E-state index contributed by atoms with van der Waals surface area (Å²) in [6.07, 6.45) is -4.87. The third-order valence-electron chi connectivity index (χ3n) is 2.93. The second-order valence-corrected chi connectivity index (χ2v) is 4.21. The second kappa shape index (κ2) is 3.95. The first kappa shape index (κ1) is 12.8. The van der Waals surface area contributed by atoms with E-state index >= 15 is 0 Å². The zero-order valence-electron chi connectivity index (χ0n) is 9.42. The maximum atomic E-state index is 13.7. The van der Waals surface area contributed by atoms with Gasteiger partial charge in [0.2, 0.25) is 0 Å². The van der Waals surface area contributed by atoms with Crippen LogP contribution >= 0.6 is 0 Å². The highest BCUT2D eigenvalue weighted by Crippen LogP contribution is 2.41. The van der Waals surface area contributed by atoms with Gasteiger partial charge in [-0.1, -0.05) is 30.3 Å². The number of alkyl halides is 3. The Balaban J connectivity index is 2.80. The van der Waals surface area contributed by atoms with Gasteiger partial charge in [-0.15, -0.1) is 0 Å². The molecule has 1 unspecified atom stereocenters. The Kier molecular flexibility index (Phi) is 2.81. The minimum atomic E-state index is -4.87. The molecule has 0 bridgehead atoms. The van der Waals surface area contributed by atoms with Crippen LogP contribution in [0.15, 0.2) is 36.4 Å². The Morgan fingerprint density at radius 2 is 1.56 bits per heavy atom. The van der Waals surface area contributed by atoms with Crippen LogP contribution in [-0.4, -0.2) is 11.3 Å². The fraction of sp³-hybridized carbons (Fsp3) is 0.231. The van der Waals surface area contributed by atoms with Crippen molar-refractivity contribution in [2.75, 3.05) is 0 Å². The molecule has 0 amide bonds. The number of fused-ring (bicyclic) bond motifs is 1. The lowest BCUT2D eigenvalue weighted by molar-refractivity contribution is -0.258. The number of halogens is 4. The monoisotopic (exact) mass is 258 g/mol. The van der Waals surface area contributed by atoms with Gasteiger partial charge < -0.3 is 5.11 Å². The van der Waals surface area contributed by atoms with Crippen molar-refractivity contribution in [1.29, 1.82) is 0 Å². The highest BCUT2D eigenvalue weighted by Gasteiger charge is 2.52. The van der Waals surface area contributed by atoms with Crippen molar-refractivity contribution in [3.05, 3.63) is 47.8 Å². The lowest BCUT2D eigenvalue weighted by atomic mass is 9.90. The summed E-state index contributed by atoms with van der Waals surface area (Å²) in [5.41, 5.74) is -3.57. The van der Waals surface area contributed by atoms with Crippen molar-refractivity contribution in [2.24, 2.45) is 0 Å². The summed E-state index contributed by atoms with van der Waals surface area (Å²) < 4.78 is 52.1. The molecule has 2 rings (SSSR count). The van der Waals surface area contributed by atoms with E-state index in [-0.39, 0.29) is 5.39 Å². The zero-order chi connectivity index (χ0) is 13.6. The summed E-state index contributed by atoms with van der Waals surface area (Å²) in [6.45, 7) is 0.619. The average Bonchev–Trinajstić information content (AvgIpc) is 2.27. The number of rotatable bonds is 1. The fourth-order valence-electron chi connectivity index (χ4n) is 1.85. The van der Waals surface area contributed by atoms with Crippen LogP contribution in [0.25, 0.3) is 10.8 Å². The van der Waals surface area contributed by atoms with Crippen molar-refractivity contribution >= 4 is 10.8 Å². The van der Waals surface area contributed by atoms with Gasteiger partial charge in [0.1, 0.15) is 5.82 Å². The molecule has 0 saturated heterocycles. The Bertz CT molecular complexity index is 582. The predicted molar refractivity (Wildman–Crippen MR) is 59.5 cm³/mol. The van der Waals surface area contributed by atoms with E-state index in [4.69, 9.17) is 0 Å². The molecule has 0 aliphatic carbocycles. The lowest BCUT2D eigenvalue weighted by Gasteiger charge is -2.28. The standard InChI is InChI=1S/C13H10F4O/c1-12(18,13(15,16)17)9-6-2-4-8-5-3-7-10(14)11(8)9/h2-7,18H,1H3. The number of benzene rings is 2. The molecule has 0 fully saturated rings. The SMILES string of the molecule is CC(O)(c1cccc2cccc(F)c12)C(F)(F)F. The van der Waals surface area contributed by atoms with E-state index in [0.29, 0.717) is 12.3 Å². The van der Waals surface area contributed by atoms with Gasteiger partial charge in [0.25, 0.3) is 0 Å². The molecular weight excluding hydrogens is 248 g/mol. The van der Waals surface area contributed by atoms with Crippen LogP contribution in [0.2, 0.25) is 0 Å². The van der Waals surface area contributed by atoms with Crippen molar-refractivity contribution in [3.63, 3.8) is 0 Å². The Hall–Kier alpha value is -1.62. The Morgan fingerprint density at radius 3 is 2.11 bits per heavy atom. The Labute approximate surface area is 101 Å². The van der Waals surface area contributed by atoms with Crippen LogP contribution in [0.5, 0.6) is 0 Å². The van der Waals surface area contributed by atoms with Crippen LogP contribution in [0.1, 0.15) is 12.5 Å². The van der Waals surface area contributed by atoms with Crippen LogP contribution < -0.4 is 0 Å². The van der Waals surface area contributed by atoms with Crippen LogP contribution in [0.4, 0.5) is 17.6 Å². The smallest absolute Gasteiger partial charge is 0.376 e. The topological polar surface area (TPSA) is 20.2 Å². The van der Waals surface area contributed by atoms with Crippen molar-refractivity contribution in [1.82, 2.24) is 0 Å². The average molecular weight is 258 g/mol. The van der Waals surface area contributed by atoms with E-state index in [9.17, 15) is 22.7 Å². The van der Waals surface area contributed by atoms with Gasteiger partial charge in [0.05, 0.1) is 0 Å². The molecule has 0 spiro atoms.